The molecule has 2 nitrogen and oxygen atoms in total. The van der Waals surface area contributed by atoms with E-state index in [9.17, 15) is 13.2 Å². The maximum Gasteiger partial charge on any atom is 0.416 e. The molecule has 0 heterocycles. The van der Waals surface area contributed by atoms with Crippen LogP contribution in [0.15, 0.2) is 90.2 Å². The molecule has 0 fully saturated rings. The van der Waals surface area contributed by atoms with Crippen molar-refractivity contribution in [2.24, 2.45) is 5.73 Å². The second-order valence-electron chi connectivity index (χ2n) is 8.11. The van der Waals surface area contributed by atoms with E-state index in [0.717, 1.165) is 46.9 Å². The minimum Gasteiger partial charge on any atom is -0.404 e. The van der Waals surface area contributed by atoms with Crippen molar-refractivity contribution in [3.63, 3.8) is 0 Å². The molecule has 0 aliphatic rings. The van der Waals surface area contributed by atoms with Gasteiger partial charge >= 0.3 is 6.18 Å². The Balaban J connectivity index is 2.00. The van der Waals surface area contributed by atoms with Crippen molar-refractivity contribution in [1.29, 1.82) is 0 Å². The molecule has 0 aliphatic heterocycles. The number of halogens is 3. The molecule has 0 amide bonds. The topological polar surface area (TPSA) is 38.0 Å². The van der Waals surface area contributed by atoms with Crippen LogP contribution in [0, 0.1) is 0 Å². The Hall–Kier alpha value is -3.21. The molecule has 0 atom stereocenters. The monoisotopic (exact) mass is 454 g/mol. The smallest absolute Gasteiger partial charge is 0.404 e. The average Bonchev–Trinajstić information content (AvgIpc) is 2.76. The van der Waals surface area contributed by atoms with Gasteiger partial charge in [-0.15, -0.1) is 0 Å². The Morgan fingerprint density at radius 3 is 2.36 bits per heavy atom. The van der Waals surface area contributed by atoms with Crippen LogP contribution >= 0.6 is 0 Å². The molecule has 3 N–H and O–H groups in total. The van der Waals surface area contributed by atoms with Gasteiger partial charge in [-0.2, -0.15) is 13.2 Å². The first kappa shape index (κ1) is 26.0. The van der Waals surface area contributed by atoms with Crippen LogP contribution in [0.4, 0.5) is 13.2 Å². The summed E-state index contributed by atoms with van der Waals surface area (Å²) in [6.45, 7) is 11.0. The van der Waals surface area contributed by atoms with Crippen LogP contribution < -0.4 is 11.1 Å². The standard InChI is InChI=1S/C28H33F3N2/c1-5-8-20(2)15-21(3)26(19-32)13-14-33-22(4)25-11-6-9-23(17-25)16-24-10-7-12-27(18-24)28(29,30)31/h6-12,15,17-19,33H,4-5,13-14,16,32H2,1-3H3/b20-8-,21-15+,26-19-. The Bertz CT molecular complexity index is 1040. The van der Waals surface area contributed by atoms with Crippen LogP contribution in [0.5, 0.6) is 0 Å². The van der Waals surface area contributed by atoms with Gasteiger partial charge in [0.05, 0.1) is 5.56 Å². The molecule has 5 heteroatoms. The number of nitrogens with two attached hydrogens (primary N) is 1. The summed E-state index contributed by atoms with van der Waals surface area (Å²) in [5.41, 5.74) is 11.8. The SMILES string of the molecule is C=C(NCCC(=C/N)/C(C)=C/C(C)=C\CC)c1cccc(Cc2cccc(C(F)(F)F)c2)c1. The molecule has 2 rings (SSSR count). The highest BCUT2D eigenvalue weighted by molar-refractivity contribution is 5.62. The number of nitrogens with one attached hydrogen (secondary N) is 1. The Morgan fingerprint density at radius 2 is 1.73 bits per heavy atom. The maximum absolute atomic E-state index is 13.0. The third kappa shape index (κ3) is 8.33. The predicted octanol–water partition coefficient (Wildman–Crippen LogP) is 7.39. The van der Waals surface area contributed by atoms with Crippen molar-refractivity contribution in [2.75, 3.05) is 6.54 Å². The molecule has 0 unspecified atom stereocenters. The molecule has 0 aliphatic carbocycles. The van der Waals surface area contributed by atoms with Gasteiger partial charge in [0.2, 0.25) is 0 Å². The Kier molecular flexibility index (Phi) is 9.58. The van der Waals surface area contributed by atoms with Gasteiger partial charge in [-0.3, -0.25) is 0 Å². The summed E-state index contributed by atoms with van der Waals surface area (Å²) in [6, 6.07) is 13.2. The second kappa shape index (κ2) is 12.1. The molecule has 0 saturated heterocycles. The molecule has 2 aromatic carbocycles. The number of alkyl halides is 3. The first-order valence-corrected chi connectivity index (χ1v) is 11.1. The van der Waals surface area contributed by atoms with Crippen molar-refractivity contribution in [3.05, 3.63) is 112 Å². The van der Waals surface area contributed by atoms with Crippen LogP contribution in [-0.4, -0.2) is 6.54 Å². The lowest BCUT2D eigenvalue weighted by Crippen LogP contribution is -2.14. The fourth-order valence-corrected chi connectivity index (χ4v) is 3.64. The van der Waals surface area contributed by atoms with Crippen LogP contribution in [-0.2, 0) is 12.6 Å². The summed E-state index contributed by atoms with van der Waals surface area (Å²) in [5.74, 6) is 0. The van der Waals surface area contributed by atoms with Gasteiger partial charge in [-0.25, -0.2) is 0 Å². The van der Waals surface area contributed by atoms with E-state index in [4.69, 9.17) is 5.73 Å². The van der Waals surface area contributed by atoms with Crippen molar-refractivity contribution in [3.8, 4) is 0 Å². The van der Waals surface area contributed by atoms with E-state index >= 15 is 0 Å². The number of hydrogen-bond donors (Lipinski definition) is 2. The highest BCUT2D eigenvalue weighted by atomic mass is 19.4. The summed E-state index contributed by atoms with van der Waals surface area (Å²) in [6.07, 6.45) is 3.77. The first-order valence-electron chi connectivity index (χ1n) is 11.1. The molecular weight excluding hydrogens is 421 g/mol. The van der Waals surface area contributed by atoms with E-state index in [2.05, 4.69) is 44.8 Å². The number of rotatable bonds is 10. The van der Waals surface area contributed by atoms with Gasteiger partial charge in [0.15, 0.2) is 0 Å². The fourth-order valence-electron chi connectivity index (χ4n) is 3.64. The molecule has 0 spiro atoms. The predicted molar refractivity (Wildman–Crippen MR) is 132 cm³/mol. The minimum absolute atomic E-state index is 0.416. The highest BCUT2D eigenvalue weighted by Gasteiger charge is 2.30. The van der Waals surface area contributed by atoms with E-state index in [1.165, 1.54) is 17.7 Å². The van der Waals surface area contributed by atoms with Crippen molar-refractivity contribution in [1.82, 2.24) is 5.32 Å². The number of allylic oxidation sites excluding steroid dienone is 4. The average molecular weight is 455 g/mol. The summed E-state index contributed by atoms with van der Waals surface area (Å²) < 4.78 is 39.0. The van der Waals surface area contributed by atoms with Gasteiger partial charge in [0, 0.05) is 12.2 Å². The molecule has 0 saturated carbocycles. The minimum atomic E-state index is -4.34. The van der Waals surface area contributed by atoms with Crippen LogP contribution in [0.1, 0.15) is 55.9 Å². The molecule has 176 valence electrons. The lowest BCUT2D eigenvalue weighted by molar-refractivity contribution is -0.137. The second-order valence-corrected chi connectivity index (χ2v) is 8.11. The molecule has 0 aromatic heterocycles. The summed E-state index contributed by atoms with van der Waals surface area (Å²) in [7, 11) is 0. The van der Waals surface area contributed by atoms with Crippen LogP contribution in [0.2, 0.25) is 0 Å². The normalized spacial score (nSPS) is 13.2. The molecular formula is C28H33F3N2. The van der Waals surface area contributed by atoms with Gasteiger partial charge in [0.1, 0.15) is 0 Å². The van der Waals surface area contributed by atoms with E-state index in [1.54, 1.807) is 12.3 Å². The highest BCUT2D eigenvalue weighted by Crippen LogP contribution is 2.30. The molecule has 33 heavy (non-hydrogen) atoms. The third-order valence-corrected chi connectivity index (χ3v) is 5.35. The lowest BCUT2D eigenvalue weighted by atomic mass is 10.00. The molecule has 0 bridgehead atoms. The van der Waals surface area contributed by atoms with E-state index in [1.807, 2.05) is 24.3 Å². The van der Waals surface area contributed by atoms with E-state index in [0.29, 0.717) is 18.5 Å². The quantitative estimate of drug-likeness (QED) is 0.367. The van der Waals surface area contributed by atoms with Crippen LogP contribution in [0.25, 0.3) is 5.70 Å². The zero-order valence-electron chi connectivity index (χ0n) is 19.6. The molecule has 2 aromatic rings. The van der Waals surface area contributed by atoms with Crippen molar-refractivity contribution < 1.29 is 13.2 Å². The van der Waals surface area contributed by atoms with Gasteiger partial charge in [-0.05, 0) is 79.3 Å². The van der Waals surface area contributed by atoms with Crippen molar-refractivity contribution >= 4 is 5.70 Å². The number of hydrogen-bond acceptors (Lipinski definition) is 2. The zero-order valence-corrected chi connectivity index (χ0v) is 19.6. The van der Waals surface area contributed by atoms with Crippen LogP contribution in [0.3, 0.4) is 0 Å². The third-order valence-electron chi connectivity index (χ3n) is 5.35. The Morgan fingerprint density at radius 1 is 1.06 bits per heavy atom. The number of benzene rings is 2. The zero-order chi connectivity index (χ0) is 24.4. The fraction of sp³-hybridized carbons (Fsp3) is 0.286. The van der Waals surface area contributed by atoms with Gasteiger partial charge in [0.25, 0.3) is 0 Å². The summed E-state index contributed by atoms with van der Waals surface area (Å²) in [4.78, 5) is 0. The Labute approximate surface area is 195 Å². The largest absolute Gasteiger partial charge is 0.416 e. The summed E-state index contributed by atoms with van der Waals surface area (Å²) in [5, 5.41) is 3.34. The van der Waals surface area contributed by atoms with E-state index in [-0.39, 0.29) is 0 Å². The van der Waals surface area contributed by atoms with Crippen molar-refractivity contribution in [2.45, 2.75) is 46.2 Å². The van der Waals surface area contributed by atoms with E-state index < -0.39 is 11.7 Å². The summed E-state index contributed by atoms with van der Waals surface area (Å²) >= 11 is 0. The lowest BCUT2D eigenvalue weighted by Gasteiger charge is -2.14. The maximum atomic E-state index is 13.0. The molecule has 0 radical (unpaired) electrons. The van der Waals surface area contributed by atoms with Gasteiger partial charge < -0.3 is 11.1 Å². The van der Waals surface area contributed by atoms with Gasteiger partial charge in [-0.1, -0.05) is 67.6 Å². The first-order chi connectivity index (χ1) is 15.6.